The van der Waals surface area contributed by atoms with Gasteiger partial charge in [-0.05, 0) is 48.5 Å². The minimum absolute atomic E-state index is 0.258. The van der Waals surface area contributed by atoms with Crippen molar-refractivity contribution >= 4 is 29.2 Å². The Hall–Kier alpha value is -4.27. The topological polar surface area (TPSA) is 94.6 Å². The van der Waals surface area contributed by atoms with Gasteiger partial charge >= 0.3 is 6.03 Å². The summed E-state index contributed by atoms with van der Waals surface area (Å²) >= 11 is 0. The number of pyridine rings is 1. The molecule has 1 aromatic heterocycles. The van der Waals surface area contributed by atoms with Gasteiger partial charge in [-0.3, -0.25) is 14.6 Å². The molecule has 9 heteroatoms. The van der Waals surface area contributed by atoms with Crippen LogP contribution in [0.1, 0.15) is 20.8 Å². The van der Waals surface area contributed by atoms with E-state index in [9.17, 15) is 18.8 Å². The molecule has 2 N–H and O–H groups in total. The van der Waals surface area contributed by atoms with Gasteiger partial charge in [0.25, 0.3) is 11.8 Å². The molecule has 1 aliphatic rings. The van der Waals surface area contributed by atoms with Gasteiger partial charge in [-0.25, -0.2) is 9.18 Å². The van der Waals surface area contributed by atoms with E-state index in [1.165, 1.54) is 24.4 Å². The van der Waals surface area contributed by atoms with E-state index in [2.05, 4.69) is 15.6 Å². The van der Waals surface area contributed by atoms with Crippen LogP contribution in [0, 0.1) is 5.82 Å². The Balaban J connectivity index is 1.31. The Bertz CT molecular complexity index is 1160. The zero-order valence-electron chi connectivity index (χ0n) is 17.7. The van der Waals surface area contributed by atoms with Crippen LogP contribution in [0.5, 0.6) is 0 Å². The van der Waals surface area contributed by atoms with Gasteiger partial charge in [0, 0.05) is 49.3 Å². The van der Waals surface area contributed by atoms with E-state index in [-0.39, 0.29) is 29.1 Å². The van der Waals surface area contributed by atoms with Crippen LogP contribution in [0.3, 0.4) is 0 Å². The van der Waals surface area contributed by atoms with Crippen LogP contribution >= 0.6 is 0 Å². The van der Waals surface area contributed by atoms with Gasteiger partial charge in [-0.1, -0.05) is 18.2 Å². The first-order valence-electron chi connectivity index (χ1n) is 10.4. The minimum Gasteiger partial charge on any atom is -0.335 e. The number of amides is 4. The molecule has 0 radical (unpaired) electrons. The Morgan fingerprint density at radius 1 is 0.788 bits per heavy atom. The standard InChI is InChI=1S/C24H22FN5O3/c25-18-6-3-5-17(15-18)23(32)29-11-13-30(14-12-29)24(33)28-20-8-4-7-19(16-20)27-22(31)21-9-1-2-10-26-21/h1-10,15-16H,11-14H2,(H,27,31)(H,28,33). The molecule has 0 bridgehead atoms. The van der Waals surface area contributed by atoms with Crippen LogP contribution in [0.15, 0.2) is 72.9 Å². The third kappa shape index (κ3) is 5.51. The molecular formula is C24H22FN5O3. The number of hydrogen-bond donors (Lipinski definition) is 2. The predicted octanol–water partition coefficient (Wildman–Crippen LogP) is 3.46. The van der Waals surface area contributed by atoms with E-state index in [0.717, 1.165) is 0 Å². The molecule has 8 nitrogen and oxygen atoms in total. The third-order valence-electron chi connectivity index (χ3n) is 5.19. The number of rotatable bonds is 4. The van der Waals surface area contributed by atoms with Crippen molar-refractivity contribution < 1.29 is 18.8 Å². The van der Waals surface area contributed by atoms with Crippen molar-refractivity contribution in [3.63, 3.8) is 0 Å². The van der Waals surface area contributed by atoms with Crippen LogP contribution < -0.4 is 10.6 Å². The van der Waals surface area contributed by atoms with Crippen molar-refractivity contribution in [1.29, 1.82) is 0 Å². The molecule has 0 atom stereocenters. The van der Waals surface area contributed by atoms with Crippen molar-refractivity contribution in [3.8, 4) is 0 Å². The van der Waals surface area contributed by atoms with Crippen LogP contribution in [0.2, 0.25) is 0 Å². The second kappa shape index (κ2) is 9.90. The van der Waals surface area contributed by atoms with Crippen LogP contribution in [0.25, 0.3) is 0 Å². The SMILES string of the molecule is O=C(Nc1cccc(NC(=O)N2CCN(C(=O)c3cccc(F)c3)CC2)c1)c1ccccn1. The van der Waals surface area contributed by atoms with Crippen LogP contribution in [0.4, 0.5) is 20.6 Å². The molecule has 0 unspecified atom stereocenters. The minimum atomic E-state index is -0.461. The smallest absolute Gasteiger partial charge is 0.321 e. The molecule has 1 saturated heterocycles. The summed E-state index contributed by atoms with van der Waals surface area (Å²) in [5.41, 5.74) is 1.63. The average molecular weight is 447 g/mol. The van der Waals surface area contributed by atoms with E-state index in [4.69, 9.17) is 0 Å². The molecule has 168 valence electrons. The Kier molecular flexibility index (Phi) is 6.58. The van der Waals surface area contributed by atoms with Gasteiger partial charge in [0.15, 0.2) is 0 Å². The largest absolute Gasteiger partial charge is 0.335 e. The lowest BCUT2D eigenvalue weighted by molar-refractivity contribution is 0.0671. The number of hydrogen-bond acceptors (Lipinski definition) is 4. The molecule has 4 amide bonds. The first-order chi connectivity index (χ1) is 16.0. The first-order valence-corrected chi connectivity index (χ1v) is 10.4. The Morgan fingerprint density at radius 2 is 1.48 bits per heavy atom. The molecule has 1 fully saturated rings. The van der Waals surface area contributed by atoms with Crippen molar-refractivity contribution in [2.75, 3.05) is 36.8 Å². The zero-order valence-corrected chi connectivity index (χ0v) is 17.7. The molecule has 1 aliphatic heterocycles. The van der Waals surface area contributed by atoms with Crippen molar-refractivity contribution in [2.45, 2.75) is 0 Å². The summed E-state index contributed by atoms with van der Waals surface area (Å²) in [6.45, 7) is 1.40. The summed E-state index contributed by atoms with van der Waals surface area (Å²) in [5, 5.41) is 5.57. The summed E-state index contributed by atoms with van der Waals surface area (Å²) in [7, 11) is 0. The van der Waals surface area contributed by atoms with E-state index in [1.807, 2.05) is 0 Å². The molecule has 4 rings (SSSR count). The quantitative estimate of drug-likeness (QED) is 0.640. The number of anilines is 2. The maximum absolute atomic E-state index is 13.4. The molecule has 33 heavy (non-hydrogen) atoms. The summed E-state index contributed by atoms with van der Waals surface area (Å²) in [6, 6.07) is 17.1. The number of piperazine rings is 1. The number of aromatic nitrogens is 1. The fourth-order valence-corrected chi connectivity index (χ4v) is 3.49. The van der Waals surface area contributed by atoms with E-state index in [0.29, 0.717) is 37.6 Å². The van der Waals surface area contributed by atoms with Gasteiger partial charge < -0.3 is 20.4 Å². The summed E-state index contributed by atoms with van der Waals surface area (Å²) in [6.07, 6.45) is 1.54. The predicted molar refractivity (Wildman–Crippen MR) is 122 cm³/mol. The molecule has 2 aromatic carbocycles. The highest BCUT2D eigenvalue weighted by atomic mass is 19.1. The summed E-state index contributed by atoms with van der Waals surface area (Å²) in [5.74, 6) is -1.07. The number of nitrogens with zero attached hydrogens (tertiary/aromatic N) is 3. The molecule has 0 saturated carbocycles. The van der Waals surface area contributed by atoms with Gasteiger partial charge in [-0.2, -0.15) is 0 Å². The number of nitrogens with one attached hydrogen (secondary N) is 2. The van der Waals surface area contributed by atoms with Crippen LogP contribution in [-0.4, -0.2) is 58.8 Å². The summed E-state index contributed by atoms with van der Waals surface area (Å²) in [4.78, 5) is 44.7. The summed E-state index contributed by atoms with van der Waals surface area (Å²) < 4.78 is 13.4. The Labute approximate surface area is 190 Å². The van der Waals surface area contributed by atoms with Crippen LogP contribution in [-0.2, 0) is 0 Å². The molecule has 2 heterocycles. The lowest BCUT2D eigenvalue weighted by Crippen LogP contribution is -2.51. The second-order valence-corrected chi connectivity index (χ2v) is 7.47. The van der Waals surface area contributed by atoms with E-state index < -0.39 is 5.82 Å². The third-order valence-corrected chi connectivity index (χ3v) is 5.19. The first kappa shape index (κ1) is 21.9. The second-order valence-electron chi connectivity index (χ2n) is 7.47. The van der Waals surface area contributed by atoms with Gasteiger partial charge in [0.1, 0.15) is 11.5 Å². The highest BCUT2D eigenvalue weighted by molar-refractivity contribution is 6.03. The van der Waals surface area contributed by atoms with E-state index >= 15 is 0 Å². The van der Waals surface area contributed by atoms with Gasteiger partial charge in [0.05, 0.1) is 0 Å². The average Bonchev–Trinajstić information content (AvgIpc) is 2.84. The molecule has 0 spiro atoms. The molecular weight excluding hydrogens is 425 g/mol. The van der Waals surface area contributed by atoms with Gasteiger partial charge in [-0.15, -0.1) is 0 Å². The lowest BCUT2D eigenvalue weighted by atomic mass is 10.2. The highest BCUT2D eigenvalue weighted by Crippen LogP contribution is 2.17. The number of urea groups is 1. The maximum atomic E-state index is 13.4. The van der Waals surface area contributed by atoms with Crippen molar-refractivity contribution in [2.24, 2.45) is 0 Å². The maximum Gasteiger partial charge on any atom is 0.321 e. The zero-order chi connectivity index (χ0) is 23.2. The fourth-order valence-electron chi connectivity index (χ4n) is 3.49. The number of carbonyl (C=O) groups is 3. The van der Waals surface area contributed by atoms with Crippen molar-refractivity contribution in [1.82, 2.24) is 14.8 Å². The monoisotopic (exact) mass is 447 g/mol. The number of halogens is 1. The van der Waals surface area contributed by atoms with Crippen molar-refractivity contribution in [3.05, 3.63) is 90.0 Å². The van der Waals surface area contributed by atoms with Gasteiger partial charge in [0.2, 0.25) is 0 Å². The Morgan fingerprint density at radius 3 is 2.18 bits per heavy atom. The highest BCUT2D eigenvalue weighted by Gasteiger charge is 2.25. The number of benzene rings is 2. The lowest BCUT2D eigenvalue weighted by Gasteiger charge is -2.34. The molecule has 3 aromatic rings. The number of carbonyl (C=O) groups excluding carboxylic acids is 3. The molecule has 0 aliphatic carbocycles. The fraction of sp³-hybridized carbons (Fsp3) is 0.167. The normalized spacial score (nSPS) is 13.4. The van der Waals surface area contributed by atoms with E-state index in [1.54, 1.807) is 58.3 Å².